The average molecular weight is 901 g/mol. The molecular weight excluding hydrogens is 863 g/mol. The van der Waals surface area contributed by atoms with Gasteiger partial charge in [-0.1, -0.05) is 118 Å². The molecule has 0 saturated heterocycles. The first-order valence-electron chi connectivity index (χ1n) is 14.3. The monoisotopic (exact) mass is 897 g/mol. The van der Waals surface area contributed by atoms with Crippen LogP contribution < -0.4 is 22.6 Å². The number of thioether (sulfide) groups is 1. The van der Waals surface area contributed by atoms with E-state index in [9.17, 15) is 9.59 Å². The zero-order chi connectivity index (χ0) is 37.7. The van der Waals surface area contributed by atoms with Gasteiger partial charge in [-0.05, 0) is 63.0 Å². The molecule has 0 aliphatic rings. The van der Waals surface area contributed by atoms with Crippen LogP contribution in [0.15, 0.2) is 51.1 Å². The van der Waals surface area contributed by atoms with Gasteiger partial charge in [-0.2, -0.15) is 0 Å². The number of nitrogens with zero attached hydrogens (tertiary/aromatic N) is 2. The second-order valence-corrected chi connectivity index (χ2v) is 13.3. The molecule has 0 atom stereocenters. The Morgan fingerprint density at radius 3 is 1.63 bits per heavy atom. The maximum Gasteiger partial charge on any atom is 0.253 e. The van der Waals surface area contributed by atoms with Crippen LogP contribution in [0.1, 0.15) is 38.8 Å². The van der Waals surface area contributed by atoms with Crippen LogP contribution in [-0.4, -0.2) is 56.2 Å². The largest absolute Gasteiger partial charge is 0.397 e. The summed E-state index contributed by atoms with van der Waals surface area (Å²) in [5.74, 6) is 0.864. The van der Waals surface area contributed by atoms with E-state index in [1.807, 2.05) is 0 Å². The molecule has 2 heterocycles. The fourth-order valence-electron chi connectivity index (χ4n) is 3.21. The van der Waals surface area contributed by atoms with Gasteiger partial charge in [0.2, 0.25) is 0 Å². The number of alkyl halides is 1. The van der Waals surface area contributed by atoms with Crippen LogP contribution in [0.3, 0.4) is 0 Å². The SMILES string of the molecule is CCN(CC)CC.CCO.Clc1ccc(Cl)c(CBr)c1Cl.Nc1cc(=O)[nH]c(=S)[nH]1.Nc1cc(=O)[nH]c(SCc2c(Cl)ccc(Cl)c2Cl)n1. The maximum atomic E-state index is 11.2. The first kappa shape index (κ1) is 47.5. The van der Waals surface area contributed by atoms with Gasteiger partial charge in [0, 0.05) is 51.0 Å². The molecular formula is C30H38BrCl6N7O3S2. The molecule has 0 aliphatic heterocycles. The summed E-state index contributed by atoms with van der Waals surface area (Å²) in [6, 6.07) is 9.14. The third kappa shape index (κ3) is 19.1. The number of hydrogen-bond donors (Lipinski definition) is 6. The third-order valence-corrected chi connectivity index (χ3v) is 9.69. The van der Waals surface area contributed by atoms with Gasteiger partial charge in [-0.25, -0.2) is 4.98 Å². The highest BCUT2D eigenvalue weighted by Gasteiger charge is 2.11. The summed E-state index contributed by atoms with van der Waals surface area (Å²) in [7, 11) is 0. The van der Waals surface area contributed by atoms with Gasteiger partial charge >= 0.3 is 0 Å². The van der Waals surface area contributed by atoms with Crippen molar-refractivity contribution in [1.29, 1.82) is 0 Å². The van der Waals surface area contributed by atoms with E-state index in [4.69, 9.17) is 86.2 Å². The number of nitrogens with two attached hydrogens (primary N) is 2. The van der Waals surface area contributed by atoms with Gasteiger partial charge in [-0.15, -0.1) is 0 Å². The Bertz CT molecular complexity index is 1730. The molecule has 49 heavy (non-hydrogen) atoms. The fraction of sp³-hybridized carbons (Fsp3) is 0.333. The molecule has 0 fully saturated rings. The lowest BCUT2D eigenvalue weighted by Crippen LogP contribution is -2.21. The second-order valence-electron chi connectivity index (χ2n) is 9.02. The number of benzene rings is 2. The van der Waals surface area contributed by atoms with E-state index < -0.39 is 0 Å². The minimum Gasteiger partial charge on any atom is -0.397 e. The van der Waals surface area contributed by atoms with Crippen LogP contribution in [0, 0.1) is 4.77 Å². The van der Waals surface area contributed by atoms with Gasteiger partial charge in [0.15, 0.2) is 9.93 Å². The van der Waals surface area contributed by atoms with E-state index in [-0.39, 0.29) is 34.1 Å². The number of nitrogens with one attached hydrogen (secondary N) is 3. The number of aromatic nitrogens is 4. The summed E-state index contributed by atoms with van der Waals surface area (Å²) < 4.78 is 0.250. The van der Waals surface area contributed by atoms with Crippen molar-refractivity contribution in [3.63, 3.8) is 0 Å². The number of aliphatic hydroxyl groups is 1. The van der Waals surface area contributed by atoms with Crippen molar-refractivity contribution in [2.45, 2.75) is 43.9 Å². The molecule has 4 rings (SSSR count). The van der Waals surface area contributed by atoms with Crippen molar-refractivity contribution in [2.75, 3.05) is 37.7 Å². The van der Waals surface area contributed by atoms with Crippen molar-refractivity contribution in [2.24, 2.45) is 0 Å². The van der Waals surface area contributed by atoms with Crippen LogP contribution in [-0.2, 0) is 11.1 Å². The number of rotatable bonds is 7. The van der Waals surface area contributed by atoms with Gasteiger partial charge < -0.3 is 31.4 Å². The highest BCUT2D eigenvalue weighted by molar-refractivity contribution is 9.08. The number of aromatic amines is 3. The third-order valence-electron chi connectivity index (χ3n) is 5.63. The molecule has 19 heteroatoms. The van der Waals surface area contributed by atoms with Crippen LogP contribution in [0.4, 0.5) is 11.6 Å². The Hall–Kier alpha value is -1.49. The number of aliphatic hydroxyl groups excluding tert-OH is 1. The molecule has 0 bridgehead atoms. The van der Waals surface area contributed by atoms with E-state index in [1.54, 1.807) is 31.2 Å². The number of hydrogen-bond acceptors (Lipinski definition) is 9. The second kappa shape index (κ2) is 26.3. The smallest absolute Gasteiger partial charge is 0.253 e. The van der Waals surface area contributed by atoms with E-state index in [0.29, 0.717) is 51.9 Å². The van der Waals surface area contributed by atoms with Crippen LogP contribution in [0.5, 0.6) is 0 Å². The van der Waals surface area contributed by atoms with E-state index >= 15 is 0 Å². The summed E-state index contributed by atoms with van der Waals surface area (Å²) in [5.41, 5.74) is 11.6. The Labute approximate surface area is 333 Å². The summed E-state index contributed by atoms with van der Waals surface area (Å²) in [6.07, 6.45) is 0. The molecule has 4 aromatic rings. The molecule has 0 aliphatic carbocycles. The topological polar surface area (TPSA) is 170 Å². The number of halogens is 7. The van der Waals surface area contributed by atoms with Gasteiger partial charge in [-0.3, -0.25) is 14.6 Å². The zero-order valence-corrected chi connectivity index (χ0v) is 34.7. The molecule has 272 valence electrons. The predicted molar refractivity (Wildman–Crippen MR) is 217 cm³/mol. The number of anilines is 2. The maximum absolute atomic E-state index is 11.2. The Morgan fingerprint density at radius 2 is 1.24 bits per heavy atom. The number of H-pyrrole nitrogens is 3. The highest BCUT2D eigenvalue weighted by Crippen LogP contribution is 2.35. The van der Waals surface area contributed by atoms with Crippen molar-refractivity contribution in [3.8, 4) is 0 Å². The minimum absolute atomic E-state index is 0.162. The summed E-state index contributed by atoms with van der Waals surface area (Å²) >= 11 is 44.6. The van der Waals surface area contributed by atoms with Crippen LogP contribution in [0.2, 0.25) is 30.1 Å². The molecule has 0 radical (unpaired) electrons. The molecule has 0 unspecified atom stereocenters. The highest BCUT2D eigenvalue weighted by atomic mass is 79.9. The van der Waals surface area contributed by atoms with Crippen molar-refractivity contribution in [3.05, 3.63) is 103 Å². The predicted octanol–water partition coefficient (Wildman–Crippen LogP) is 9.51. The molecule has 10 nitrogen and oxygen atoms in total. The van der Waals surface area contributed by atoms with Gasteiger partial charge in [0.05, 0.1) is 20.1 Å². The lowest BCUT2D eigenvalue weighted by Gasteiger charge is -2.13. The van der Waals surface area contributed by atoms with Crippen molar-refractivity contribution < 1.29 is 5.11 Å². The Balaban J connectivity index is 0.000000656. The van der Waals surface area contributed by atoms with Gasteiger partial charge in [0.25, 0.3) is 11.1 Å². The van der Waals surface area contributed by atoms with Gasteiger partial charge in [0.1, 0.15) is 11.6 Å². The molecule has 0 spiro atoms. The van der Waals surface area contributed by atoms with E-state index in [2.05, 4.69) is 73.8 Å². The summed E-state index contributed by atoms with van der Waals surface area (Å²) in [5, 5.41) is 11.6. The molecule has 2 aromatic carbocycles. The Kier molecular flexibility index (Phi) is 25.5. The van der Waals surface area contributed by atoms with Crippen molar-refractivity contribution >= 4 is 121 Å². The molecule has 8 N–H and O–H groups in total. The molecule has 0 amide bonds. The normalized spacial score (nSPS) is 9.98. The lowest BCUT2D eigenvalue weighted by atomic mass is 10.2. The van der Waals surface area contributed by atoms with E-state index in [0.717, 1.165) is 5.56 Å². The van der Waals surface area contributed by atoms with Crippen LogP contribution >= 0.6 is 110 Å². The first-order valence-corrected chi connectivity index (χ1v) is 19.1. The summed E-state index contributed by atoms with van der Waals surface area (Å²) in [6.45, 7) is 12.1. The first-order chi connectivity index (χ1) is 23.1. The van der Waals surface area contributed by atoms with Crippen molar-refractivity contribution in [1.82, 2.24) is 24.8 Å². The number of nitrogen functional groups attached to an aromatic ring is 2. The minimum atomic E-state index is -0.307. The van der Waals surface area contributed by atoms with E-state index in [1.165, 1.54) is 43.5 Å². The quantitative estimate of drug-likeness (QED) is 0.0348. The molecule has 2 aromatic heterocycles. The summed E-state index contributed by atoms with van der Waals surface area (Å²) in [4.78, 5) is 35.6. The Morgan fingerprint density at radius 1 is 0.796 bits per heavy atom. The average Bonchev–Trinajstić information content (AvgIpc) is 3.02. The van der Waals surface area contributed by atoms with Crippen LogP contribution in [0.25, 0.3) is 0 Å². The zero-order valence-electron chi connectivity index (χ0n) is 27.0. The standard InChI is InChI=1S/C11H8Cl3N3OS.C7H4BrCl3.C6H15N.C4H5N3OS.C2H6O/c12-6-1-2-7(13)10(14)5(6)4-19-11-16-8(15)3-9(18)17-11;8-3-4-5(9)1-2-6(10)7(4)11;1-4-7(5-2)6-3;5-2-1-3(8)7-4(9)6-2;1-2-3/h1-3H,4H2,(H3,15,16,17,18);1-2H,3H2;4-6H2,1-3H3;1H,(H4,5,6,7,8,9);3H,2H2,1H3. The fourth-order valence-corrected chi connectivity index (χ4v) is 6.78. The lowest BCUT2D eigenvalue weighted by molar-refractivity contribution is 0.318. The molecule has 0 saturated carbocycles.